The molecule has 1 aliphatic heterocycles. The average Bonchev–Trinajstić information content (AvgIpc) is 3.16. The minimum absolute atomic E-state index is 0. The van der Waals surface area contributed by atoms with Crippen LogP contribution in [0, 0.1) is 0 Å². The van der Waals surface area contributed by atoms with Crippen LogP contribution in [0.2, 0.25) is 0 Å². The van der Waals surface area contributed by atoms with Gasteiger partial charge in [-0.3, -0.25) is 4.99 Å². The summed E-state index contributed by atoms with van der Waals surface area (Å²) in [7, 11) is 1.80. The molecule has 0 atom stereocenters. The molecule has 1 aliphatic rings. The molecule has 2 N–H and O–H groups in total. The van der Waals surface area contributed by atoms with Crippen LogP contribution in [0.25, 0.3) is 0 Å². The summed E-state index contributed by atoms with van der Waals surface area (Å²) in [5.41, 5.74) is 2.50. The number of aliphatic imine (C=N–C) groups is 1. The highest BCUT2D eigenvalue weighted by molar-refractivity contribution is 14.0. The molecule has 0 amide bonds. The van der Waals surface area contributed by atoms with E-state index in [4.69, 9.17) is 0 Å². The fourth-order valence-corrected chi connectivity index (χ4v) is 3.52. The van der Waals surface area contributed by atoms with Gasteiger partial charge in [-0.25, -0.2) is 4.98 Å². The molecule has 0 saturated carbocycles. The van der Waals surface area contributed by atoms with Gasteiger partial charge in [0.25, 0.3) is 0 Å². The van der Waals surface area contributed by atoms with Crippen LogP contribution in [0.3, 0.4) is 0 Å². The number of nitrogens with zero attached hydrogens (tertiary/aromatic N) is 3. The lowest BCUT2D eigenvalue weighted by atomic mass is 10.1. The van der Waals surface area contributed by atoms with Gasteiger partial charge in [0.1, 0.15) is 5.82 Å². The molecule has 25 heavy (non-hydrogen) atoms. The van der Waals surface area contributed by atoms with E-state index in [0.717, 1.165) is 38.0 Å². The summed E-state index contributed by atoms with van der Waals surface area (Å²) in [5, 5.41) is 11.0. The average molecular weight is 471 g/mol. The zero-order valence-electron chi connectivity index (χ0n) is 14.6. The fourth-order valence-electron chi connectivity index (χ4n) is 2.85. The van der Waals surface area contributed by atoms with E-state index in [1.54, 1.807) is 18.4 Å². The number of anilines is 1. The van der Waals surface area contributed by atoms with E-state index in [-0.39, 0.29) is 24.0 Å². The van der Waals surface area contributed by atoms with Crippen LogP contribution in [0.15, 0.2) is 40.1 Å². The third-order valence-corrected chi connectivity index (χ3v) is 4.95. The van der Waals surface area contributed by atoms with Crippen molar-refractivity contribution in [2.24, 2.45) is 4.99 Å². The van der Waals surface area contributed by atoms with Gasteiger partial charge in [-0.15, -0.1) is 24.0 Å². The first-order valence-electron chi connectivity index (χ1n) is 8.50. The first-order chi connectivity index (χ1) is 11.8. The molecular formula is C18H26IN5S. The molecule has 0 spiro atoms. The molecule has 3 rings (SSSR count). The third kappa shape index (κ3) is 6.14. The highest BCUT2D eigenvalue weighted by atomic mass is 127. The van der Waals surface area contributed by atoms with Gasteiger partial charge in [0.15, 0.2) is 5.96 Å². The summed E-state index contributed by atoms with van der Waals surface area (Å²) in [6, 6.07) is 6.37. The van der Waals surface area contributed by atoms with Crippen LogP contribution in [0.1, 0.15) is 30.4 Å². The summed E-state index contributed by atoms with van der Waals surface area (Å²) in [5.74, 6) is 1.91. The second-order valence-electron chi connectivity index (χ2n) is 5.98. The molecule has 0 aromatic carbocycles. The second-order valence-corrected chi connectivity index (χ2v) is 6.76. The topological polar surface area (TPSA) is 52.6 Å². The Morgan fingerprint density at radius 2 is 1.92 bits per heavy atom. The zero-order valence-corrected chi connectivity index (χ0v) is 17.7. The second kappa shape index (κ2) is 10.6. The number of thiophene rings is 1. The van der Waals surface area contributed by atoms with Crippen LogP contribution in [-0.4, -0.2) is 31.1 Å². The highest BCUT2D eigenvalue weighted by Crippen LogP contribution is 2.18. The third-order valence-electron chi connectivity index (χ3n) is 4.21. The molecule has 1 saturated heterocycles. The van der Waals surface area contributed by atoms with E-state index in [0.29, 0.717) is 0 Å². The highest BCUT2D eigenvalue weighted by Gasteiger charge is 2.12. The lowest BCUT2D eigenvalue weighted by Gasteiger charge is -2.28. The van der Waals surface area contributed by atoms with Crippen molar-refractivity contribution in [2.45, 2.75) is 32.4 Å². The van der Waals surface area contributed by atoms with Crippen molar-refractivity contribution in [3.05, 3.63) is 46.3 Å². The molecule has 2 aromatic rings. The van der Waals surface area contributed by atoms with Crippen molar-refractivity contribution in [3.8, 4) is 0 Å². The number of halogens is 1. The van der Waals surface area contributed by atoms with E-state index < -0.39 is 0 Å². The number of guanidine groups is 1. The fraction of sp³-hybridized carbons (Fsp3) is 0.444. The monoisotopic (exact) mass is 471 g/mol. The lowest BCUT2D eigenvalue weighted by molar-refractivity contribution is 0.573. The first kappa shape index (κ1) is 20.0. The minimum atomic E-state index is 0. The normalized spacial score (nSPS) is 14.8. The van der Waals surface area contributed by atoms with Gasteiger partial charge in [-0.05, 0) is 59.3 Å². The molecule has 2 aromatic heterocycles. The van der Waals surface area contributed by atoms with Crippen LogP contribution >= 0.6 is 35.3 Å². The molecule has 7 heteroatoms. The minimum Gasteiger partial charge on any atom is -0.357 e. The maximum atomic E-state index is 4.53. The van der Waals surface area contributed by atoms with Crippen molar-refractivity contribution >= 4 is 47.1 Å². The predicted octanol–water partition coefficient (Wildman–Crippen LogP) is 3.62. The standard InChI is InChI=1S/C18H25N5S.HI/c1-19-18(22-13-16-6-10-24-14-16)21-12-15-5-7-20-17(11-15)23-8-3-2-4-9-23;/h5-7,10-11,14H,2-4,8-9,12-13H2,1H3,(H2,19,21,22);1H. The van der Waals surface area contributed by atoms with Crippen LogP contribution in [0.5, 0.6) is 0 Å². The van der Waals surface area contributed by atoms with Gasteiger partial charge < -0.3 is 15.5 Å². The van der Waals surface area contributed by atoms with Crippen molar-refractivity contribution in [1.82, 2.24) is 15.6 Å². The summed E-state index contributed by atoms with van der Waals surface area (Å²) >= 11 is 1.71. The summed E-state index contributed by atoms with van der Waals surface area (Å²) in [4.78, 5) is 11.2. The molecule has 136 valence electrons. The largest absolute Gasteiger partial charge is 0.357 e. The van der Waals surface area contributed by atoms with E-state index in [2.05, 4.69) is 54.5 Å². The Hall–Kier alpha value is -1.35. The molecule has 0 aliphatic carbocycles. The van der Waals surface area contributed by atoms with Gasteiger partial charge in [0.05, 0.1) is 0 Å². The molecule has 5 nitrogen and oxygen atoms in total. The van der Waals surface area contributed by atoms with Gasteiger partial charge in [-0.2, -0.15) is 11.3 Å². The molecule has 0 radical (unpaired) electrons. The van der Waals surface area contributed by atoms with Gasteiger partial charge in [0, 0.05) is 39.4 Å². The number of aromatic nitrogens is 1. The molecule has 0 bridgehead atoms. The molecule has 1 fully saturated rings. The smallest absolute Gasteiger partial charge is 0.191 e. The summed E-state index contributed by atoms with van der Waals surface area (Å²) < 4.78 is 0. The van der Waals surface area contributed by atoms with Crippen molar-refractivity contribution < 1.29 is 0 Å². The number of piperidine rings is 1. The molecular weight excluding hydrogens is 445 g/mol. The van der Waals surface area contributed by atoms with E-state index >= 15 is 0 Å². The van der Waals surface area contributed by atoms with Gasteiger partial charge in [0.2, 0.25) is 0 Å². The Kier molecular flexibility index (Phi) is 8.47. The summed E-state index contributed by atoms with van der Waals surface area (Å²) in [6.07, 6.45) is 5.78. The Bertz CT molecular complexity index is 653. The van der Waals surface area contributed by atoms with E-state index in [1.807, 2.05) is 6.20 Å². The van der Waals surface area contributed by atoms with Gasteiger partial charge >= 0.3 is 0 Å². The lowest BCUT2D eigenvalue weighted by Crippen LogP contribution is -2.36. The molecule has 0 unspecified atom stereocenters. The Morgan fingerprint density at radius 1 is 1.16 bits per heavy atom. The maximum absolute atomic E-state index is 4.53. The Morgan fingerprint density at radius 3 is 2.60 bits per heavy atom. The maximum Gasteiger partial charge on any atom is 0.191 e. The van der Waals surface area contributed by atoms with E-state index in [9.17, 15) is 0 Å². The van der Waals surface area contributed by atoms with Gasteiger partial charge in [-0.1, -0.05) is 0 Å². The number of hydrogen-bond acceptors (Lipinski definition) is 4. The van der Waals surface area contributed by atoms with Crippen molar-refractivity contribution in [3.63, 3.8) is 0 Å². The number of pyridine rings is 1. The SMILES string of the molecule is CN=C(NCc1ccsc1)NCc1ccnc(N2CCCCC2)c1.I. The quantitative estimate of drug-likeness (QED) is 0.398. The van der Waals surface area contributed by atoms with Crippen LogP contribution < -0.4 is 15.5 Å². The Labute approximate surface area is 171 Å². The number of hydrogen-bond donors (Lipinski definition) is 2. The zero-order chi connectivity index (χ0) is 16.6. The van der Waals surface area contributed by atoms with Crippen molar-refractivity contribution in [2.75, 3.05) is 25.0 Å². The predicted molar refractivity (Wildman–Crippen MR) is 117 cm³/mol. The first-order valence-corrected chi connectivity index (χ1v) is 9.45. The number of nitrogens with one attached hydrogen (secondary N) is 2. The van der Waals surface area contributed by atoms with Crippen LogP contribution in [-0.2, 0) is 13.1 Å². The summed E-state index contributed by atoms with van der Waals surface area (Å²) in [6.45, 7) is 3.77. The molecule has 3 heterocycles. The Balaban J connectivity index is 0.00000225. The van der Waals surface area contributed by atoms with Crippen molar-refractivity contribution in [1.29, 1.82) is 0 Å². The number of rotatable bonds is 5. The van der Waals surface area contributed by atoms with E-state index in [1.165, 1.54) is 30.4 Å². The van der Waals surface area contributed by atoms with Crippen LogP contribution in [0.4, 0.5) is 5.82 Å².